The number of halogens is 2. The Kier molecular flexibility index (Phi) is 9.69. The van der Waals surface area contributed by atoms with Crippen LogP contribution in [0.3, 0.4) is 0 Å². The van der Waals surface area contributed by atoms with Gasteiger partial charge in [-0.25, -0.2) is 4.98 Å². The number of fused-ring (bicyclic) bond motifs is 1. The molecule has 3 aromatic rings. The lowest BCUT2D eigenvalue weighted by atomic mass is 9.91. The highest BCUT2D eigenvalue weighted by Gasteiger charge is 2.33. The van der Waals surface area contributed by atoms with Crippen LogP contribution in [0.5, 0.6) is 0 Å². The number of nitrogens with one attached hydrogen (secondary N) is 3. The average molecular weight is 559 g/mol. The number of piperidine rings is 1. The Morgan fingerprint density at radius 1 is 1.16 bits per heavy atom. The van der Waals surface area contributed by atoms with E-state index in [4.69, 9.17) is 23.2 Å². The van der Waals surface area contributed by atoms with E-state index >= 15 is 0 Å². The summed E-state index contributed by atoms with van der Waals surface area (Å²) in [6.07, 6.45) is 6.38. The Morgan fingerprint density at radius 2 is 1.97 bits per heavy atom. The van der Waals surface area contributed by atoms with Gasteiger partial charge in [-0.1, -0.05) is 49.9 Å². The monoisotopic (exact) mass is 557 g/mol. The van der Waals surface area contributed by atoms with Crippen molar-refractivity contribution in [3.05, 3.63) is 63.4 Å². The van der Waals surface area contributed by atoms with E-state index in [1.54, 1.807) is 30.3 Å². The number of benzene rings is 2. The van der Waals surface area contributed by atoms with Crippen molar-refractivity contribution in [1.82, 2.24) is 25.5 Å². The van der Waals surface area contributed by atoms with Gasteiger partial charge in [-0.2, -0.15) is 0 Å². The Bertz CT molecular complexity index is 1280. The summed E-state index contributed by atoms with van der Waals surface area (Å²) >= 11 is 12.7. The standard InChI is InChI=1S/C29H37Cl2N5O2/c1-4-6-9-24(32-5-2)26-10-7-8-15-36(26)29(38)21-13-11-19(16-22(21)31)28(37)33-18(3)27-34-23-14-12-20(30)17-25(23)35-27/h11-14,16-18,24,26,32H,4-10,15H2,1-3H3,(H,33,37)(H,34,35). The molecule has 1 aromatic heterocycles. The fourth-order valence-electron chi connectivity index (χ4n) is 5.28. The molecule has 2 aromatic carbocycles. The normalized spacial score (nSPS) is 17.4. The lowest BCUT2D eigenvalue weighted by molar-refractivity contribution is 0.0544. The highest BCUT2D eigenvalue weighted by molar-refractivity contribution is 6.34. The summed E-state index contributed by atoms with van der Waals surface area (Å²) < 4.78 is 0. The fourth-order valence-corrected chi connectivity index (χ4v) is 5.72. The first-order chi connectivity index (χ1) is 18.3. The van der Waals surface area contributed by atoms with E-state index in [-0.39, 0.29) is 35.0 Å². The van der Waals surface area contributed by atoms with Gasteiger partial charge < -0.3 is 20.5 Å². The van der Waals surface area contributed by atoms with Gasteiger partial charge in [-0.15, -0.1) is 0 Å². The second-order valence-corrected chi connectivity index (χ2v) is 10.9. The molecule has 0 bridgehead atoms. The zero-order chi connectivity index (χ0) is 27.2. The number of amides is 2. The average Bonchev–Trinajstić information content (AvgIpc) is 3.34. The molecule has 2 heterocycles. The number of H-pyrrole nitrogens is 1. The summed E-state index contributed by atoms with van der Waals surface area (Å²) in [5, 5.41) is 7.46. The third-order valence-corrected chi connectivity index (χ3v) is 7.84. The van der Waals surface area contributed by atoms with E-state index in [1.165, 1.54) is 0 Å². The molecule has 1 aliphatic rings. The number of nitrogens with zero attached hydrogens (tertiary/aromatic N) is 2. The molecule has 2 amide bonds. The summed E-state index contributed by atoms with van der Waals surface area (Å²) in [5.74, 6) is 0.267. The van der Waals surface area contributed by atoms with Gasteiger partial charge in [-0.05, 0) is 75.5 Å². The number of likely N-dealkylation sites (tertiary alicyclic amines) is 1. The molecular weight excluding hydrogens is 521 g/mol. The van der Waals surface area contributed by atoms with Crippen LogP contribution >= 0.6 is 23.2 Å². The molecule has 1 saturated heterocycles. The second kappa shape index (κ2) is 13.0. The number of carbonyl (C=O) groups excluding carboxylic acids is 2. The molecule has 4 rings (SSSR count). The van der Waals surface area contributed by atoms with Gasteiger partial charge in [0.2, 0.25) is 0 Å². The first kappa shape index (κ1) is 28.4. The van der Waals surface area contributed by atoms with Crippen LogP contribution in [0.25, 0.3) is 11.0 Å². The Hall–Kier alpha value is -2.61. The van der Waals surface area contributed by atoms with Crippen molar-refractivity contribution in [2.24, 2.45) is 0 Å². The molecule has 3 unspecified atom stereocenters. The molecule has 3 atom stereocenters. The third-order valence-electron chi connectivity index (χ3n) is 7.29. The summed E-state index contributed by atoms with van der Waals surface area (Å²) in [6, 6.07) is 10.4. The number of rotatable bonds is 10. The van der Waals surface area contributed by atoms with Gasteiger partial charge in [0, 0.05) is 29.2 Å². The van der Waals surface area contributed by atoms with Gasteiger partial charge in [0.25, 0.3) is 11.8 Å². The minimum atomic E-state index is -0.367. The summed E-state index contributed by atoms with van der Waals surface area (Å²) in [4.78, 5) is 36.4. The van der Waals surface area contributed by atoms with Crippen LogP contribution in [0.2, 0.25) is 10.0 Å². The number of likely N-dealkylation sites (N-methyl/N-ethyl adjacent to an activating group) is 1. The Labute approximate surface area is 234 Å². The predicted octanol–water partition coefficient (Wildman–Crippen LogP) is 6.52. The lowest BCUT2D eigenvalue weighted by Gasteiger charge is -2.41. The van der Waals surface area contributed by atoms with E-state index in [0.29, 0.717) is 22.0 Å². The maximum atomic E-state index is 13.7. The van der Waals surface area contributed by atoms with Gasteiger partial charge in [0.05, 0.1) is 27.7 Å². The molecule has 0 saturated carbocycles. The molecule has 0 radical (unpaired) electrons. The predicted molar refractivity (Wildman–Crippen MR) is 154 cm³/mol. The van der Waals surface area contributed by atoms with Crippen molar-refractivity contribution in [2.75, 3.05) is 13.1 Å². The number of imidazole rings is 1. The summed E-state index contributed by atoms with van der Waals surface area (Å²) in [5.41, 5.74) is 2.41. The minimum Gasteiger partial charge on any atom is -0.342 e. The van der Waals surface area contributed by atoms with Crippen LogP contribution < -0.4 is 10.6 Å². The van der Waals surface area contributed by atoms with E-state index in [0.717, 1.165) is 62.6 Å². The highest BCUT2D eigenvalue weighted by atomic mass is 35.5. The van der Waals surface area contributed by atoms with Crippen molar-refractivity contribution in [2.45, 2.75) is 77.4 Å². The number of aromatic amines is 1. The second-order valence-electron chi connectivity index (χ2n) is 10.0. The van der Waals surface area contributed by atoms with Crippen LogP contribution in [-0.2, 0) is 0 Å². The maximum Gasteiger partial charge on any atom is 0.255 e. The molecule has 7 nitrogen and oxygen atoms in total. The van der Waals surface area contributed by atoms with Crippen LogP contribution in [0.1, 0.15) is 91.9 Å². The molecule has 1 aliphatic heterocycles. The maximum absolute atomic E-state index is 13.7. The quantitative estimate of drug-likeness (QED) is 0.264. The zero-order valence-corrected chi connectivity index (χ0v) is 23.8. The van der Waals surface area contributed by atoms with E-state index in [2.05, 4.69) is 34.4 Å². The highest BCUT2D eigenvalue weighted by Crippen LogP contribution is 2.28. The molecule has 38 heavy (non-hydrogen) atoms. The zero-order valence-electron chi connectivity index (χ0n) is 22.3. The van der Waals surface area contributed by atoms with E-state index in [9.17, 15) is 9.59 Å². The van der Waals surface area contributed by atoms with Crippen LogP contribution in [0.15, 0.2) is 36.4 Å². The number of unbranched alkanes of at least 4 members (excludes halogenated alkanes) is 1. The molecular formula is C29H37Cl2N5O2. The molecule has 9 heteroatoms. The third kappa shape index (κ3) is 6.50. The lowest BCUT2D eigenvalue weighted by Crippen LogP contribution is -2.54. The fraction of sp³-hybridized carbons (Fsp3) is 0.483. The minimum absolute atomic E-state index is 0.0691. The number of hydrogen-bond donors (Lipinski definition) is 3. The van der Waals surface area contributed by atoms with Gasteiger partial charge >= 0.3 is 0 Å². The molecule has 3 N–H and O–H groups in total. The van der Waals surface area contributed by atoms with E-state index in [1.807, 2.05) is 17.9 Å². The van der Waals surface area contributed by atoms with Crippen molar-refractivity contribution in [3.63, 3.8) is 0 Å². The molecule has 0 spiro atoms. The van der Waals surface area contributed by atoms with Crippen LogP contribution in [-0.4, -0.2) is 51.9 Å². The van der Waals surface area contributed by atoms with Crippen molar-refractivity contribution >= 4 is 46.0 Å². The van der Waals surface area contributed by atoms with Crippen molar-refractivity contribution < 1.29 is 9.59 Å². The molecule has 204 valence electrons. The van der Waals surface area contributed by atoms with Crippen molar-refractivity contribution in [3.8, 4) is 0 Å². The number of hydrogen-bond acceptors (Lipinski definition) is 4. The van der Waals surface area contributed by atoms with Crippen LogP contribution in [0, 0.1) is 0 Å². The number of carbonyl (C=O) groups is 2. The smallest absolute Gasteiger partial charge is 0.255 e. The topological polar surface area (TPSA) is 90.1 Å². The van der Waals surface area contributed by atoms with E-state index < -0.39 is 0 Å². The van der Waals surface area contributed by atoms with Gasteiger partial charge in [0.15, 0.2) is 0 Å². The molecule has 1 fully saturated rings. The molecule has 0 aliphatic carbocycles. The Morgan fingerprint density at radius 3 is 2.71 bits per heavy atom. The first-order valence-corrected chi connectivity index (χ1v) is 14.4. The van der Waals surface area contributed by atoms with Crippen molar-refractivity contribution in [1.29, 1.82) is 0 Å². The van der Waals surface area contributed by atoms with Crippen LogP contribution in [0.4, 0.5) is 0 Å². The SMILES string of the molecule is CCCCC(NCC)C1CCCCN1C(=O)c1ccc(C(=O)NC(C)c2nc3ccc(Cl)cc3[nH]2)cc1Cl. The summed E-state index contributed by atoms with van der Waals surface area (Å²) in [7, 11) is 0. The summed E-state index contributed by atoms with van der Waals surface area (Å²) in [6.45, 7) is 7.75. The number of aromatic nitrogens is 2. The largest absolute Gasteiger partial charge is 0.342 e. The first-order valence-electron chi connectivity index (χ1n) is 13.6. The van der Waals surface area contributed by atoms with Gasteiger partial charge in [0.1, 0.15) is 5.82 Å². The Balaban J connectivity index is 1.47. The van der Waals surface area contributed by atoms with Gasteiger partial charge in [-0.3, -0.25) is 9.59 Å².